The van der Waals surface area contributed by atoms with Crippen molar-refractivity contribution in [1.82, 2.24) is 10.2 Å². The normalized spacial score (nSPS) is 13.7. The molecule has 0 unspecified atom stereocenters. The molecule has 2 N–H and O–H groups in total. The smallest absolute Gasteiger partial charge is 0.241 e. The van der Waals surface area contributed by atoms with E-state index in [1.54, 1.807) is 11.9 Å². The van der Waals surface area contributed by atoms with Gasteiger partial charge < -0.3 is 10.6 Å². The minimum absolute atomic E-state index is 0.0767. The Balaban J connectivity index is 2.72. The Morgan fingerprint density at radius 1 is 1.12 bits per heavy atom. The predicted octanol–water partition coefficient (Wildman–Crippen LogP) is 2.98. The van der Waals surface area contributed by atoms with Crippen LogP contribution in [-0.4, -0.2) is 42.4 Å². The summed E-state index contributed by atoms with van der Waals surface area (Å²) in [6, 6.07) is 7.59. The third-order valence-electron chi connectivity index (χ3n) is 4.25. The van der Waals surface area contributed by atoms with Crippen LogP contribution in [0.3, 0.4) is 0 Å². The van der Waals surface area contributed by atoms with Crippen molar-refractivity contribution in [2.45, 2.75) is 59.0 Å². The zero-order valence-electron chi connectivity index (χ0n) is 15.7. The van der Waals surface area contributed by atoms with Crippen LogP contribution in [0, 0.1) is 0 Å². The molecule has 2 amide bonds. The van der Waals surface area contributed by atoms with Gasteiger partial charge in [-0.15, -0.1) is 0 Å². The minimum Gasteiger partial charge on any atom is -0.353 e. The molecule has 0 heterocycles. The molecule has 2 atom stereocenters. The minimum atomic E-state index is -0.395. The highest BCUT2D eigenvalue weighted by Gasteiger charge is 2.21. The van der Waals surface area contributed by atoms with Gasteiger partial charge in [0.2, 0.25) is 11.8 Å². The summed E-state index contributed by atoms with van der Waals surface area (Å²) in [5.41, 5.74) is 1.99. The van der Waals surface area contributed by atoms with Gasteiger partial charge in [-0.2, -0.15) is 0 Å². The van der Waals surface area contributed by atoms with E-state index >= 15 is 0 Å². The zero-order chi connectivity index (χ0) is 18.3. The highest BCUT2D eigenvalue weighted by Crippen LogP contribution is 2.26. The molecule has 0 bridgehead atoms. The maximum absolute atomic E-state index is 12.5. The first-order valence-corrected chi connectivity index (χ1v) is 8.65. The summed E-state index contributed by atoms with van der Waals surface area (Å²) in [5.74, 6) is 0.198. The SMILES string of the molecule is CC[C@H](C)c1ccccc1NC(=O)[C@H](C)N(C)CC(=O)NC(C)C. The Morgan fingerprint density at radius 2 is 1.75 bits per heavy atom. The number of carbonyl (C=O) groups is 2. The zero-order valence-corrected chi connectivity index (χ0v) is 15.7. The van der Waals surface area contributed by atoms with E-state index in [9.17, 15) is 9.59 Å². The van der Waals surface area contributed by atoms with Crippen molar-refractivity contribution in [2.24, 2.45) is 0 Å². The molecule has 0 spiro atoms. The molecule has 1 rings (SSSR count). The van der Waals surface area contributed by atoms with Gasteiger partial charge in [0.25, 0.3) is 0 Å². The summed E-state index contributed by atoms with van der Waals surface area (Å²) >= 11 is 0. The molecular weight excluding hydrogens is 302 g/mol. The van der Waals surface area contributed by atoms with Gasteiger partial charge in [0.1, 0.15) is 0 Å². The lowest BCUT2D eigenvalue weighted by atomic mass is 9.97. The molecule has 0 saturated heterocycles. The van der Waals surface area contributed by atoms with E-state index in [4.69, 9.17) is 0 Å². The van der Waals surface area contributed by atoms with Crippen LogP contribution in [-0.2, 0) is 9.59 Å². The number of carbonyl (C=O) groups excluding carboxylic acids is 2. The molecular formula is C19H31N3O2. The van der Waals surface area contributed by atoms with E-state index in [1.807, 2.05) is 45.0 Å². The number of hydrogen-bond donors (Lipinski definition) is 2. The number of nitrogens with zero attached hydrogens (tertiary/aromatic N) is 1. The molecule has 0 fully saturated rings. The molecule has 0 aliphatic rings. The van der Waals surface area contributed by atoms with Crippen LogP contribution in [0.25, 0.3) is 0 Å². The van der Waals surface area contributed by atoms with Crippen LogP contribution in [0.2, 0.25) is 0 Å². The van der Waals surface area contributed by atoms with Crippen molar-refractivity contribution >= 4 is 17.5 Å². The molecule has 0 aliphatic carbocycles. The van der Waals surface area contributed by atoms with Gasteiger partial charge in [0.05, 0.1) is 12.6 Å². The highest BCUT2D eigenvalue weighted by atomic mass is 16.2. The fourth-order valence-electron chi connectivity index (χ4n) is 2.43. The lowest BCUT2D eigenvalue weighted by Crippen LogP contribution is -2.46. The number of likely N-dealkylation sites (N-methyl/N-ethyl adjacent to an activating group) is 1. The number of rotatable bonds is 8. The van der Waals surface area contributed by atoms with E-state index in [0.717, 1.165) is 17.7 Å². The van der Waals surface area contributed by atoms with Gasteiger partial charge in [0.15, 0.2) is 0 Å². The molecule has 0 aliphatic heterocycles. The van der Waals surface area contributed by atoms with Gasteiger partial charge in [0, 0.05) is 11.7 Å². The van der Waals surface area contributed by atoms with Crippen molar-refractivity contribution < 1.29 is 9.59 Å². The Hall–Kier alpha value is -1.88. The number of benzene rings is 1. The number of nitrogens with one attached hydrogen (secondary N) is 2. The second-order valence-corrected chi connectivity index (χ2v) is 6.70. The Kier molecular flexibility index (Phi) is 7.92. The summed E-state index contributed by atoms with van der Waals surface area (Å²) in [7, 11) is 1.78. The maximum atomic E-state index is 12.5. The van der Waals surface area contributed by atoms with E-state index < -0.39 is 6.04 Å². The summed E-state index contributed by atoms with van der Waals surface area (Å²) in [4.78, 5) is 26.1. The average molecular weight is 333 g/mol. The fourth-order valence-corrected chi connectivity index (χ4v) is 2.43. The van der Waals surface area contributed by atoms with Crippen molar-refractivity contribution in [2.75, 3.05) is 18.9 Å². The Morgan fingerprint density at radius 3 is 2.33 bits per heavy atom. The lowest BCUT2D eigenvalue weighted by Gasteiger charge is -2.25. The Bertz CT molecular complexity index is 557. The van der Waals surface area contributed by atoms with Crippen LogP contribution in [0.1, 0.15) is 52.5 Å². The first kappa shape index (κ1) is 20.2. The number of amides is 2. The van der Waals surface area contributed by atoms with Gasteiger partial charge in [-0.1, -0.05) is 32.0 Å². The van der Waals surface area contributed by atoms with Crippen LogP contribution in [0.15, 0.2) is 24.3 Å². The molecule has 5 nitrogen and oxygen atoms in total. The first-order chi connectivity index (χ1) is 11.3. The molecule has 134 valence electrons. The Labute approximate surface area is 145 Å². The van der Waals surface area contributed by atoms with Crippen LogP contribution >= 0.6 is 0 Å². The van der Waals surface area contributed by atoms with Crippen LogP contribution in [0.5, 0.6) is 0 Å². The van der Waals surface area contributed by atoms with Crippen molar-refractivity contribution in [3.63, 3.8) is 0 Å². The molecule has 1 aromatic carbocycles. The summed E-state index contributed by atoms with van der Waals surface area (Å²) in [6.45, 7) is 10.1. The predicted molar refractivity (Wildman–Crippen MR) is 99.1 cm³/mol. The largest absolute Gasteiger partial charge is 0.353 e. The fraction of sp³-hybridized carbons (Fsp3) is 0.579. The molecule has 24 heavy (non-hydrogen) atoms. The number of hydrogen-bond acceptors (Lipinski definition) is 3. The van der Waals surface area contributed by atoms with Gasteiger partial charge >= 0.3 is 0 Å². The van der Waals surface area contributed by atoms with E-state index in [0.29, 0.717) is 5.92 Å². The third-order valence-corrected chi connectivity index (χ3v) is 4.25. The molecule has 5 heteroatoms. The van der Waals surface area contributed by atoms with Crippen molar-refractivity contribution in [3.8, 4) is 0 Å². The van der Waals surface area contributed by atoms with Gasteiger partial charge in [-0.05, 0) is 51.8 Å². The summed E-state index contributed by atoms with van der Waals surface area (Å²) in [5, 5.41) is 5.84. The second-order valence-electron chi connectivity index (χ2n) is 6.70. The number of anilines is 1. The maximum Gasteiger partial charge on any atom is 0.241 e. The molecule has 1 aromatic rings. The van der Waals surface area contributed by atoms with Crippen molar-refractivity contribution in [3.05, 3.63) is 29.8 Å². The van der Waals surface area contributed by atoms with Gasteiger partial charge in [-0.25, -0.2) is 0 Å². The monoisotopic (exact) mass is 333 g/mol. The summed E-state index contributed by atoms with van der Waals surface area (Å²) < 4.78 is 0. The lowest BCUT2D eigenvalue weighted by molar-refractivity contribution is -0.125. The third kappa shape index (κ3) is 5.96. The average Bonchev–Trinajstić information content (AvgIpc) is 2.52. The topological polar surface area (TPSA) is 61.4 Å². The van der Waals surface area contributed by atoms with Crippen LogP contribution < -0.4 is 10.6 Å². The van der Waals surface area contributed by atoms with E-state index in [-0.39, 0.29) is 24.4 Å². The van der Waals surface area contributed by atoms with Crippen molar-refractivity contribution in [1.29, 1.82) is 0 Å². The molecule has 0 saturated carbocycles. The standard InChI is InChI=1S/C19H31N3O2/c1-7-14(4)16-10-8-9-11-17(16)21-19(24)15(5)22(6)12-18(23)20-13(2)3/h8-11,13-15H,7,12H2,1-6H3,(H,20,23)(H,21,24)/t14-,15-/m0/s1. The van der Waals surface area contributed by atoms with Crippen LogP contribution in [0.4, 0.5) is 5.69 Å². The van der Waals surface area contributed by atoms with E-state index in [2.05, 4.69) is 24.5 Å². The first-order valence-electron chi connectivity index (χ1n) is 8.65. The van der Waals surface area contributed by atoms with E-state index in [1.165, 1.54) is 0 Å². The molecule has 0 aromatic heterocycles. The highest BCUT2D eigenvalue weighted by molar-refractivity contribution is 5.95. The summed E-state index contributed by atoms with van der Waals surface area (Å²) in [6.07, 6.45) is 1.01. The number of para-hydroxylation sites is 1. The molecule has 0 radical (unpaired) electrons. The quantitative estimate of drug-likeness (QED) is 0.769. The second kappa shape index (κ2) is 9.42. The van der Waals surface area contributed by atoms with Gasteiger partial charge in [-0.3, -0.25) is 14.5 Å².